The maximum Gasteiger partial charge on any atom is 0.0187 e. The summed E-state index contributed by atoms with van der Waals surface area (Å²) in [6.07, 6.45) is 4.36. The summed E-state index contributed by atoms with van der Waals surface area (Å²) in [4.78, 5) is 0. The molecule has 0 spiro atoms. The molecular weight excluding hydrogens is 188 g/mol. The van der Waals surface area contributed by atoms with Gasteiger partial charge in [-0.1, -0.05) is 43.3 Å². The van der Waals surface area contributed by atoms with Crippen molar-refractivity contribution in [3.8, 4) is 0 Å². The third kappa shape index (κ3) is 4.52. The summed E-state index contributed by atoms with van der Waals surface area (Å²) < 4.78 is 0. The second-order valence-electron chi connectivity index (χ2n) is 3.47. The van der Waals surface area contributed by atoms with Crippen LogP contribution >= 0.6 is 11.8 Å². The van der Waals surface area contributed by atoms with Gasteiger partial charge in [0.2, 0.25) is 0 Å². The lowest BCUT2D eigenvalue weighted by molar-refractivity contribution is 0.833. The molecule has 1 rings (SSSR count). The van der Waals surface area contributed by atoms with E-state index < -0.39 is 0 Å². The van der Waals surface area contributed by atoms with Crippen LogP contribution in [0.25, 0.3) is 0 Å². The first-order chi connectivity index (χ1) is 6.83. The lowest BCUT2D eigenvalue weighted by Crippen LogP contribution is -1.95. The summed E-state index contributed by atoms with van der Waals surface area (Å²) >= 11 is 2.02. The van der Waals surface area contributed by atoms with Gasteiger partial charge in [-0.3, -0.25) is 0 Å². The number of benzene rings is 1. The summed E-state index contributed by atoms with van der Waals surface area (Å²) in [5.74, 6) is 1.12. The fourth-order valence-electron chi connectivity index (χ4n) is 1.25. The van der Waals surface area contributed by atoms with Gasteiger partial charge in [0.15, 0.2) is 0 Å². The predicted molar refractivity (Wildman–Crippen MR) is 66.6 cm³/mol. The summed E-state index contributed by atoms with van der Waals surface area (Å²) in [5, 5.41) is 0.730. The van der Waals surface area contributed by atoms with Crippen LogP contribution in [-0.2, 0) is 5.75 Å². The first kappa shape index (κ1) is 11.4. The van der Waals surface area contributed by atoms with E-state index in [4.69, 9.17) is 0 Å². The molecule has 1 aromatic rings. The Morgan fingerprint density at radius 1 is 1.36 bits per heavy atom. The number of allylic oxidation sites excluding steroid dienone is 1. The van der Waals surface area contributed by atoms with Crippen LogP contribution < -0.4 is 0 Å². The molecule has 0 saturated heterocycles. The quantitative estimate of drug-likeness (QED) is 0.626. The standard InChI is InChI=1S/C13H18S/c1-3-4-8-12(2)14-11-13-9-6-5-7-10-13/h3,5-7,9-10,12H,1,4,8,11H2,2H3. The van der Waals surface area contributed by atoms with Gasteiger partial charge in [-0.15, -0.1) is 6.58 Å². The monoisotopic (exact) mass is 206 g/mol. The van der Waals surface area contributed by atoms with E-state index in [9.17, 15) is 0 Å². The zero-order valence-corrected chi connectivity index (χ0v) is 9.59. The Kier molecular flexibility index (Phi) is 5.46. The SMILES string of the molecule is C=CCCC(C)SCc1ccccc1. The second kappa shape index (κ2) is 6.72. The van der Waals surface area contributed by atoms with E-state index in [-0.39, 0.29) is 0 Å². The smallest absolute Gasteiger partial charge is 0.0187 e. The van der Waals surface area contributed by atoms with Crippen molar-refractivity contribution in [1.82, 2.24) is 0 Å². The van der Waals surface area contributed by atoms with E-state index in [0.29, 0.717) is 0 Å². The second-order valence-corrected chi connectivity index (χ2v) is 4.90. The Balaban J connectivity index is 2.23. The fourth-order valence-corrected chi connectivity index (χ4v) is 2.22. The Morgan fingerprint density at radius 3 is 2.71 bits per heavy atom. The topological polar surface area (TPSA) is 0 Å². The van der Waals surface area contributed by atoms with E-state index in [0.717, 1.165) is 17.4 Å². The minimum atomic E-state index is 0.730. The molecule has 0 heterocycles. The van der Waals surface area contributed by atoms with Crippen LogP contribution in [0.3, 0.4) is 0 Å². The Hall–Kier alpha value is -0.690. The molecule has 0 aliphatic carbocycles. The van der Waals surface area contributed by atoms with Gasteiger partial charge in [0, 0.05) is 11.0 Å². The van der Waals surface area contributed by atoms with Gasteiger partial charge < -0.3 is 0 Å². The number of thioether (sulfide) groups is 1. The summed E-state index contributed by atoms with van der Waals surface area (Å²) in [7, 11) is 0. The highest BCUT2D eigenvalue weighted by Gasteiger charge is 2.01. The molecule has 0 N–H and O–H groups in total. The van der Waals surface area contributed by atoms with Gasteiger partial charge in [-0.05, 0) is 18.4 Å². The lowest BCUT2D eigenvalue weighted by Gasteiger charge is -2.09. The third-order valence-electron chi connectivity index (χ3n) is 2.15. The molecule has 1 aromatic carbocycles. The van der Waals surface area contributed by atoms with Crippen molar-refractivity contribution in [2.24, 2.45) is 0 Å². The first-order valence-corrected chi connectivity index (χ1v) is 6.14. The minimum absolute atomic E-state index is 0.730. The molecule has 1 atom stereocenters. The van der Waals surface area contributed by atoms with E-state index in [1.54, 1.807) is 0 Å². The van der Waals surface area contributed by atoms with Gasteiger partial charge in [0.05, 0.1) is 0 Å². The van der Waals surface area contributed by atoms with Crippen molar-refractivity contribution < 1.29 is 0 Å². The Labute approximate surface area is 91.4 Å². The molecule has 0 aliphatic rings. The Bertz CT molecular complexity index is 253. The normalized spacial score (nSPS) is 12.4. The van der Waals surface area contributed by atoms with Crippen LogP contribution in [0, 0.1) is 0 Å². The molecule has 0 aliphatic heterocycles. The van der Waals surface area contributed by atoms with E-state index in [1.807, 2.05) is 17.8 Å². The van der Waals surface area contributed by atoms with E-state index >= 15 is 0 Å². The number of hydrogen-bond acceptors (Lipinski definition) is 1. The number of hydrogen-bond donors (Lipinski definition) is 0. The van der Waals surface area contributed by atoms with Crippen LogP contribution in [0.2, 0.25) is 0 Å². The molecule has 76 valence electrons. The molecular formula is C13H18S. The van der Waals surface area contributed by atoms with Gasteiger partial charge >= 0.3 is 0 Å². The van der Waals surface area contributed by atoms with Crippen LogP contribution in [0.4, 0.5) is 0 Å². The van der Waals surface area contributed by atoms with Gasteiger partial charge in [0.1, 0.15) is 0 Å². The fraction of sp³-hybridized carbons (Fsp3) is 0.385. The highest BCUT2D eigenvalue weighted by molar-refractivity contribution is 7.99. The molecule has 1 unspecified atom stereocenters. The van der Waals surface area contributed by atoms with Crippen LogP contribution in [0.5, 0.6) is 0 Å². The van der Waals surface area contributed by atoms with Gasteiger partial charge in [-0.2, -0.15) is 11.8 Å². The Morgan fingerprint density at radius 2 is 2.07 bits per heavy atom. The average Bonchev–Trinajstić information content (AvgIpc) is 2.25. The van der Waals surface area contributed by atoms with Crippen LogP contribution in [0.1, 0.15) is 25.3 Å². The van der Waals surface area contributed by atoms with Crippen molar-refractivity contribution >= 4 is 11.8 Å². The highest BCUT2D eigenvalue weighted by Crippen LogP contribution is 2.20. The molecule has 0 radical (unpaired) electrons. The highest BCUT2D eigenvalue weighted by atomic mass is 32.2. The minimum Gasteiger partial charge on any atom is -0.154 e. The summed E-state index contributed by atoms with van der Waals surface area (Å²) in [6.45, 7) is 6.03. The maximum absolute atomic E-state index is 3.74. The molecule has 0 aromatic heterocycles. The van der Waals surface area contributed by atoms with Crippen LogP contribution in [0.15, 0.2) is 43.0 Å². The summed E-state index contributed by atoms with van der Waals surface area (Å²) in [6, 6.07) is 10.6. The number of rotatable bonds is 6. The maximum atomic E-state index is 3.74. The van der Waals surface area contributed by atoms with Gasteiger partial charge in [0.25, 0.3) is 0 Å². The van der Waals surface area contributed by atoms with Crippen molar-refractivity contribution in [2.45, 2.75) is 30.8 Å². The van der Waals surface area contributed by atoms with Crippen molar-refractivity contribution in [2.75, 3.05) is 0 Å². The van der Waals surface area contributed by atoms with Gasteiger partial charge in [-0.25, -0.2) is 0 Å². The molecule has 14 heavy (non-hydrogen) atoms. The van der Waals surface area contributed by atoms with Crippen molar-refractivity contribution in [3.63, 3.8) is 0 Å². The molecule has 0 fully saturated rings. The molecule has 0 nitrogen and oxygen atoms in total. The molecule has 1 heteroatoms. The lowest BCUT2D eigenvalue weighted by atomic mass is 10.2. The zero-order valence-electron chi connectivity index (χ0n) is 8.78. The van der Waals surface area contributed by atoms with Crippen molar-refractivity contribution in [3.05, 3.63) is 48.6 Å². The largest absolute Gasteiger partial charge is 0.154 e. The van der Waals surface area contributed by atoms with E-state index in [2.05, 4.69) is 43.8 Å². The molecule has 0 bridgehead atoms. The van der Waals surface area contributed by atoms with Crippen LogP contribution in [-0.4, -0.2) is 5.25 Å². The molecule has 0 saturated carbocycles. The zero-order chi connectivity index (χ0) is 10.2. The van der Waals surface area contributed by atoms with Crippen molar-refractivity contribution in [1.29, 1.82) is 0 Å². The average molecular weight is 206 g/mol. The third-order valence-corrected chi connectivity index (χ3v) is 3.46. The molecule has 0 amide bonds. The van der Waals surface area contributed by atoms with E-state index in [1.165, 1.54) is 12.0 Å². The predicted octanol–water partition coefficient (Wildman–Crippen LogP) is 4.27. The summed E-state index contributed by atoms with van der Waals surface area (Å²) in [5.41, 5.74) is 1.42. The first-order valence-electron chi connectivity index (χ1n) is 5.09.